The second-order valence-electron chi connectivity index (χ2n) is 5.32. The van der Waals surface area contributed by atoms with Gasteiger partial charge in [-0.25, -0.2) is 4.98 Å². The standard InChI is InChI=1S/C14H16BrClN2O/c1-14(2,3)18-8-12-17-7-11(19-12)9-5-4-6-10(15)13(9)16/h4-7,18H,8H2,1-3H3. The summed E-state index contributed by atoms with van der Waals surface area (Å²) in [7, 11) is 0. The van der Waals surface area contributed by atoms with Crippen LogP contribution in [0.15, 0.2) is 33.3 Å². The molecule has 0 fully saturated rings. The van der Waals surface area contributed by atoms with Crippen molar-refractivity contribution in [1.82, 2.24) is 10.3 Å². The second-order valence-corrected chi connectivity index (χ2v) is 6.56. The highest BCUT2D eigenvalue weighted by atomic mass is 79.9. The molecule has 19 heavy (non-hydrogen) atoms. The van der Waals surface area contributed by atoms with E-state index in [4.69, 9.17) is 16.0 Å². The van der Waals surface area contributed by atoms with Crippen LogP contribution in [-0.2, 0) is 6.54 Å². The highest BCUT2D eigenvalue weighted by Gasteiger charge is 2.14. The Hall–Kier alpha value is -0.840. The lowest BCUT2D eigenvalue weighted by atomic mass is 10.1. The molecule has 0 radical (unpaired) electrons. The summed E-state index contributed by atoms with van der Waals surface area (Å²) in [6.07, 6.45) is 1.70. The van der Waals surface area contributed by atoms with Gasteiger partial charge in [-0.3, -0.25) is 0 Å². The van der Waals surface area contributed by atoms with Crippen LogP contribution in [0.4, 0.5) is 0 Å². The van der Waals surface area contributed by atoms with Gasteiger partial charge in [0.15, 0.2) is 5.76 Å². The molecule has 2 rings (SSSR count). The van der Waals surface area contributed by atoms with Gasteiger partial charge in [0, 0.05) is 15.6 Å². The van der Waals surface area contributed by atoms with E-state index in [2.05, 4.69) is 47.0 Å². The Morgan fingerprint density at radius 3 is 2.79 bits per heavy atom. The van der Waals surface area contributed by atoms with Crippen LogP contribution >= 0.6 is 27.5 Å². The molecule has 0 atom stereocenters. The number of nitrogens with one attached hydrogen (secondary N) is 1. The largest absolute Gasteiger partial charge is 0.439 e. The van der Waals surface area contributed by atoms with Crippen molar-refractivity contribution in [2.24, 2.45) is 0 Å². The molecular weight excluding hydrogens is 328 g/mol. The van der Waals surface area contributed by atoms with E-state index >= 15 is 0 Å². The number of nitrogens with zero attached hydrogens (tertiary/aromatic N) is 1. The Balaban J connectivity index is 2.19. The lowest BCUT2D eigenvalue weighted by Crippen LogP contribution is -2.35. The van der Waals surface area contributed by atoms with Crippen LogP contribution in [0, 0.1) is 0 Å². The zero-order chi connectivity index (χ0) is 14.0. The second kappa shape index (κ2) is 5.65. The molecule has 0 aliphatic rings. The van der Waals surface area contributed by atoms with Gasteiger partial charge in [0.25, 0.3) is 0 Å². The van der Waals surface area contributed by atoms with Gasteiger partial charge in [0.1, 0.15) is 0 Å². The molecule has 1 heterocycles. The molecule has 5 heteroatoms. The van der Waals surface area contributed by atoms with Gasteiger partial charge >= 0.3 is 0 Å². The molecule has 1 aromatic heterocycles. The van der Waals surface area contributed by atoms with Crippen LogP contribution in [0.2, 0.25) is 5.02 Å². The summed E-state index contributed by atoms with van der Waals surface area (Å²) >= 11 is 9.64. The fourth-order valence-corrected chi connectivity index (χ4v) is 2.14. The van der Waals surface area contributed by atoms with Crippen molar-refractivity contribution in [3.8, 4) is 11.3 Å². The van der Waals surface area contributed by atoms with E-state index in [1.807, 2.05) is 18.2 Å². The number of oxazole rings is 1. The SMILES string of the molecule is CC(C)(C)NCc1ncc(-c2cccc(Br)c2Cl)o1. The number of aromatic nitrogens is 1. The zero-order valence-corrected chi connectivity index (χ0v) is 13.5. The summed E-state index contributed by atoms with van der Waals surface area (Å²) in [5.74, 6) is 1.33. The van der Waals surface area contributed by atoms with Crippen molar-refractivity contribution in [2.75, 3.05) is 0 Å². The molecule has 0 aliphatic carbocycles. The van der Waals surface area contributed by atoms with Crippen molar-refractivity contribution in [3.05, 3.63) is 39.8 Å². The number of benzene rings is 1. The molecule has 0 unspecified atom stereocenters. The van der Waals surface area contributed by atoms with E-state index in [-0.39, 0.29) is 5.54 Å². The molecule has 0 spiro atoms. The van der Waals surface area contributed by atoms with Gasteiger partial charge < -0.3 is 9.73 Å². The first-order valence-corrected chi connectivity index (χ1v) is 7.18. The maximum Gasteiger partial charge on any atom is 0.208 e. The minimum atomic E-state index is 0.0298. The fraction of sp³-hybridized carbons (Fsp3) is 0.357. The van der Waals surface area contributed by atoms with Crippen LogP contribution in [0.1, 0.15) is 26.7 Å². The first-order valence-electron chi connectivity index (χ1n) is 6.01. The van der Waals surface area contributed by atoms with Gasteiger partial charge in [-0.15, -0.1) is 0 Å². The van der Waals surface area contributed by atoms with Crippen molar-refractivity contribution >= 4 is 27.5 Å². The van der Waals surface area contributed by atoms with Gasteiger partial charge in [-0.1, -0.05) is 17.7 Å². The van der Waals surface area contributed by atoms with Crippen molar-refractivity contribution in [3.63, 3.8) is 0 Å². The van der Waals surface area contributed by atoms with Gasteiger partial charge in [-0.2, -0.15) is 0 Å². The summed E-state index contributed by atoms with van der Waals surface area (Å²) in [5, 5.41) is 3.96. The molecule has 2 aromatic rings. The predicted molar refractivity (Wildman–Crippen MR) is 81.2 cm³/mol. The first-order chi connectivity index (χ1) is 8.87. The topological polar surface area (TPSA) is 38.1 Å². The summed E-state index contributed by atoms with van der Waals surface area (Å²) in [5.41, 5.74) is 0.868. The molecule has 0 saturated heterocycles. The molecule has 0 bridgehead atoms. The van der Waals surface area contributed by atoms with E-state index in [1.54, 1.807) is 6.20 Å². The maximum absolute atomic E-state index is 6.24. The van der Waals surface area contributed by atoms with E-state index in [0.717, 1.165) is 10.0 Å². The van der Waals surface area contributed by atoms with Crippen LogP contribution < -0.4 is 5.32 Å². The number of rotatable bonds is 3. The van der Waals surface area contributed by atoms with Crippen molar-refractivity contribution in [2.45, 2.75) is 32.9 Å². The molecule has 0 aliphatic heterocycles. The van der Waals surface area contributed by atoms with Gasteiger partial charge in [0.05, 0.1) is 17.8 Å². The molecule has 0 amide bonds. The van der Waals surface area contributed by atoms with Crippen molar-refractivity contribution in [1.29, 1.82) is 0 Å². The minimum Gasteiger partial charge on any atom is -0.439 e. The van der Waals surface area contributed by atoms with Crippen LogP contribution in [0.5, 0.6) is 0 Å². The number of hydrogen-bond acceptors (Lipinski definition) is 3. The van der Waals surface area contributed by atoms with Crippen LogP contribution in [-0.4, -0.2) is 10.5 Å². The van der Waals surface area contributed by atoms with Crippen LogP contribution in [0.25, 0.3) is 11.3 Å². The molecule has 1 aromatic carbocycles. The third-order valence-corrected chi connectivity index (χ3v) is 3.84. The Morgan fingerprint density at radius 1 is 1.37 bits per heavy atom. The molecule has 3 nitrogen and oxygen atoms in total. The normalized spacial score (nSPS) is 11.8. The quantitative estimate of drug-likeness (QED) is 0.882. The number of hydrogen-bond donors (Lipinski definition) is 1. The molecular formula is C14H16BrClN2O. The van der Waals surface area contributed by atoms with Gasteiger partial charge in [0.2, 0.25) is 5.89 Å². The summed E-state index contributed by atoms with van der Waals surface area (Å²) in [4.78, 5) is 4.26. The minimum absolute atomic E-state index is 0.0298. The van der Waals surface area contributed by atoms with Crippen molar-refractivity contribution < 1.29 is 4.42 Å². The molecule has 1 N–H and O–H groups in total. The van der Waals surface area contributed by atoms with E-state index < -0.39 is 0 Å². The lowest BCUT2D eigenvalue weighted by Gasteiger charge is -2.18. The predicted octanol–water partition coefficient (Wildman–Crippen LogP) is 4.65. The Morgan fingerprint density at radius 2 is 2.11 bits per heavy atom. The Kier molecular flexibility index (Phi) is 4.33. The van der Waals surface area contributed by atoms with E-state index in [9.17, 15) is 0 Å². The lowest BCUT2D eigenvalue weighted by molar-refractivity contribution is 0.383. The Labute approximate surface area is 126 Å². The highest BCUT2D eigenvalue weighted by molar-refractivity contribution is 9.10. The van der Waals surface area contributed by atoms with Crippen LogP contribution in [0.3, 0.4) is 0 Å². The highest BCUT2D eigenvalue weighted by Crippen LogP contribution is 2.33. The van der Waals surface area contributed by atoms with Gasteiger partial charge in [-0.05, 0) is 48.8 Å². The maximum atomic E-state index is 6.24. The smallest absolute Gasteiger partial charge is 0.208 e. The fourth-order valence-electron chi connectivity index (χ4n) is 1.55. The average Bonchev–Trinajstić information content (AvgIpc) is 2.78. The van der Waals surface area contributed by atoms with E-state index in [1.165, 1.54) is 0 Å². The number of halogens is 2. The zero-order valence-electron chi connectivity index (χ0n) is 11.1. The summed E-state index contributed by atoms with van der Waals surface area (Å²) < 4.78 is 6.57. The first kappa shape index (κ1) is 14.6. The molecule has 0 saturated carbocycles. The third-order valence-electron chi connectivity index (χ3n) is 2.54. The molecule has 102 valence electrons. The average molecular weight is 344 g/mol. The summed E-state index contributed by atoms with van der Waals surface area (Å²) in [6, 6.07) is 5.72. The Bertz CT molecular complexity index is 575. The third kappa shape index (κ3) is 3.81. The monoisotopic (exact) mass is 342 g/mol. The summed E-state index contributed by atoms with van der Waals surface area (Å²) in [6.45, 7) is 6.89. The van der Waals surface area contributed by atoms with E-state index in [0.29, 0.717) is 23.2 Å².